The average molecular weight is 385 g/mol. The van der Waals surface area contributed by atoms with Crippen LogP contribution in [0.3, 0.4) is 0 Å². The van der Waals surface area contributed by atoms with E-state index in [2.05, 4.69) is 42.5 Å². The van der Waals surface area contributed by atoms with Gasteiger partial charge in [-0.2, -0.15) is 5.26 Å². The fraction of sp³-hybridized carbons (Fsp3) is 0.174. The summed E-state index contributed by atoms with van der Waals surface area (Å²) >= 11 is 0. The first kappa shape index (κ1) is 20.1. The van der Waals surface area contributed by atoms with Crippen molar-refractivity contribution in [1.29, 1.82) is 5.26 Å². The molecule has 0 aromatic heterocycles. The Morgan fingerprint density at radius 1 is 0.786 bits per heavy atom. The smallest absolute Gasteiger partial charge is 0.427 e. The topological polar surface area (TPSA) is 64.2 Å². The number of benzene rings is 3. The normalized spacial score (nSPS) is 13.4. The molecule has 5 heteroatoms. The van der Waals surface area contributed by atoms with Gasteiger partial charge in [0, 0.05) is 0 Å². The molecule has 1 atom stereocenters. The minimum absolute atomic E-state index is 0.158. The zero-order valence-corrected chi connectivity index (χ0v) is 17.0. The molecule has 0 bridgehead atoms. The van der Waals surface area contributed by atoms with E-state index in [1.165, 1.54) is 0 Å². The lowest BCUT2D eigenvalue weighted by molar-refractivity contribution is 0.400. The van der Waals surface area contributed by atoms with Crippen LogP contribution in [0.25, 0.3) is 0 Å². The first-order valence-electron chi connectivity index (χ1n) is 9.48. The molecule has 28 heavy (non-hydrogen) atoms. The third-order valence-electron chi connectivity index (χ3n) is 5.60. The molecule has 3 nitrogen and oxygen atoms in total. The SMILES string of the molecule is CC(C#N)(CCB(O)O)[Si](c1ccccc1)(c1ccccc1)c1ccccc1. The van der Waals surface area contributed by atoms with E-state index < -0.39 is 20.2 Å². The number of rotatable bonds is 7. The third-order valence-corrected chi connectivity index (χ3v) is 11.2. The van der Waals surface area contributed by atoms with Gasteiger partial charge in [-0.05, 0) is 35.2 Å². The second kappa shape index (κ2) is 8.58. The summed E-state index contributed by atoms with van der Waals surface area (Å²) in [5.41, 5.74) is 0. The van der Waals surface area contributed by atoms with Crippen molar-refractivity contribution in [2.75, 3.05) is 0 Å². The highest BCUT2D eigenvalue weighted by molar-refractivity contribution is 7.13. The quantitative estimate of drug-likeness (QED) is 0.485. The zero-order valence-electron chi connectivity index (χ0n) is 16.0. The molecule has 3 rings (SSSR count). The molecule has 0 spiro atoms. The summed E-state index contributed by atoms with van der Waals surface area (Å²) < 4.78 is 0. The Bertz CT molecular complexity index is 832. The molecule has 3 aromatic carbocycles. The maximum atomic E-state index is 10.4. The first-order chi connectivity index (χ1) is 13.5. The summed E-state index contributed by atoms with van der Waals surface area (Å²) in [6.07, 6.45) is 0.553. The van der Waals surface area contributed by atoms with Crippen molar-refractivity contribution in [3.63, 3.8) is 0 Å². The van der Waals surface area contributed by atoms with E-state index in [0.717, 1.165) is 15.6 Å². The fourth-order valence-electron chi connectivity index (χ4n) is 4.27. The molecule has 0 fully saturated rings. The van der Waals surface area contributed by atoms with Gasteiger partial charge in [-0.3, -0.25) is 0 Å². The summed E-state index contributed by atoms with van der Waals surface area (Å²) in [5.74, 6) is 0. The van der Waals surface area contributed by atoms with Gasteiger partial charge in [0.1, 0.15) is 0 Å². The van der Waals surface area contributed by atoms with Crippen LogP contribution in [0.4, 0.5) is 0 Å². The molecule has 3 aromatic rings. The van der Waals surface area contributed by atoms with Crippen molar-refractivity contribution < 1.29 is 10.0 Å². The minimum Gasteiger partial charge on any atom is -0.427 e. The van der Waals surface area contributed by atoms with Gasteiger partial charge in [0.15, 0.2) is 8.07 Å². The van der Waals surface area contributed by atoms with E-state index in [-0.39, 0.29) is 6.32 Å². The average Bonchev–Trinajstić information content (AvgIpc) is 2.75. The van der Waals surface area contributed by atoms with Gasteiger partial charge in [-0.25, -0.2) is 0 Å². The third kappa shape index (κ3) is 3.55. The number of hydrogen-bond acceptors (Lipinski definition) is 3. The monoisotopic (exact) mass is 385 g/mol. The highest BCUT2D eigenvalue weighted by Crippen LogP contribution is 2.41. The van der Waals surface area contributed by atoms with Crippen molar-refractivity contribution in [2.45, 2.75) is 24.7 Å². The van der Waals surface area contributed by atoms with E-state index in [1.807, 2.05) is 61.5 Å². The van der Waals surface area contributed by atoms with Crippen LogP contribution in [0.5, 0.6) is 0 Å². The van der Waals surface area contributed by atoms with Crippen molar-refractivity contribution in [2.24, 2.45) is 0 Å². The van der Waals surface area contributed by atoms with E-state index in [4.69, 9.17) is 0 Å². The first-order valence-corrected chi connectivity index (χ1v) is 11.5. The molecule has 0 aliphatic rings. The predicted molar refractivity (Wildman–Crippen MR) is 118 cm³/mol. The lowest BCUT2D eigenvalue weighted by Crippen LogP contribution is -2.73. The second-order valence-electron chi connectivity index (χ2n) is 7.31. The second-order valence-corrected chi connectivity index (χ2v) is 11.6. The largest absolute Gasteiger partial charge is 0.451 e. The molecule has 0 saturated heterocycles. The molecule has 0 aliphatic heterocycles. The summed E-state index contributed by atoms with van der Waals surface area (Å²) in [6, 6.07) is 33.3. The molecule has 0 amide bonds. The van der Waals surface area contributed by atoms with E-state index >= 15 is 0 Å². The number of nitriles is 1. The molecule has 2 N–H and O–H groups in total. The predicted octanol–water partition coefficient (Wildman–Crippen LogP) is 2.30. The maximum Gasteiger partial charge on any atom is 0.451 e. The van der Waals surface area contributed by atoms with Gasteiger partial charge in [-0.1, -0.05) is 91.0 Å². The van der Waals surface area contributed by atoms with Crippen LogP contribution in [-0.2, 0) is 0 Å². The Morgan fingerprint density at radius 2 is 1.14 bits per heavy atom. The van der Waals surface area contributed by atoms with E-state index in [9.17, 15) is 15.3 Å². The summed E-state index contributed by atoms with van der Waals surface area (Å²) in [7, 11) is -4.26. The van der Waals surface area contributed by atoms with Crippen LogP contribution in [0.2, 0.25) is 11.4 Å². The molecule has 0 saturated carbocycles. The summed E-state index contributed by atoms with van der Waals surface area (Å²) in [6.45, 7) is 1.98. The molecule has 1 unspecified atom stereocenters. The Kier molecular flexibility index (Phi) is 6.15. The lowest BCUT2D eigenvalue weighted by atomic mass is 9.81. The zero-order chi connectivity index (χ0) is 20.0. The van der Waals surface area contributed by atoms with E-state index in [1.54, 1.807) is 0 Å². The van der Waals surface area contributed by atoms with Crippen molar-refractivity contribution in [1.82, 2.24) is 0 Å². The van der Waals surface area contributed by atoms with Crippen LogP contribution in [-0.4, -0.2) is 25.2 Å². The van der Waals surface area contributed by atoms with Crippen molar-refractivity contribution in [3.8, 4) is 6.07 Å². The van der Waals surface area contributed by atoms with Gasteiger partial charge >= 0.3 is 7.12 Å². The number of hydrogen-bond donors (Lipinski definition) is 2. The summed E-state index contributed by atoms with van der Waals surface area (Å²) in [4.78, 5) is 0. The number of nitrogens with zero attached hydrogens (tertiary/aromatic N) is 1. The molecule has 0 heterocycles. The summed E-state index contributed by atoms with van der Waals surface area (Å²) in [5, 5.41) is 32.2. The Balaban J connectivity index is 2.39. The molecule has 0 aliphatic carbocycles. The lowest BCUT2D eigenvalue weighted by Gasteiger charge is -2.44. The van der Waals surface area contributed by atoms with Crippen LogP contribution >= 0.6 is 0 Å². The minimum atomic E-state index is -2.83. The fourth-order valence-corrected chi connectivity index (χ4v) is 9.94. The molecule has 140 valence electrons. The molecule has 0 radical (unpaired) electrons. The Hall–Kier alpha value is -2.65. The van der Waals surface area contributed by atoms with Gasteiger partial charge in [0.05, 0.1) is 11.1 Å². The standard InChI is InChI=1S/C23H24BNO2Si/c1-23(19-25,17-18-24(26)27)28(20-11-5-2-6-12-20,21-13-7-3-8-14-21)22-15-9-4-10-16-22/h2-16,26-27H,17-18H2,1H3. The van der Waals surface area contributed by atoms with Gasteiger partial charge in [-0.15, -0.1) is 0 Å². The Labute approximate surface area is 168 Å². The van der Waals surface area contributed by atoms with Gasteiger partial charge in [0.25, 0.3) is 0 Å². The van der Waals surface area contributed by atoms with Gasteiger partial charge in [0.2, 0.25) is 0 Å². The molecular formula is C23H24BNO2Si. The molecular weight excluding hydrogens is 361 g/mol. The van der Waals surface area contributed by atoms with E-state index in [0.29, 0.717) is 6.42 Å². The van der Waals surface area contributed by atoms with Crippen molar-refractivity contribution in [3.05, 3.63) is 91.0 Å². The van der Waals surface area contributed by atoms with Crippen LogP contribution in [0.1, 0.15) is 13.3 Å². The van der Waals surface area contributed by atoms with Crippen molar-refractivity contribution >= 4 is 30.8 Å². The van der Waals surface area contributed by atoms with Gasteiger partial charge < -0.3 is 10.0 Å². The van der Waals surface area contributed by atoms with Crippen LogP contribution in [0, 0.1) is 11.3 Å². The van der Waals surface area contributed by atoms with Crippen LogP contribution < -0.4 is 15.6 Å². The van der Waals surface area contributed by atoms with Crippen LogP contribution in [0.15, 0.2) is 91.0 Å². The Morgan fingerprint density at radius 3 is 1.43 bits per heavy atom. The highest BCUT2D eigenvalue weighted by atomic mass is 28.3. The maximum absolute atomic E-state index is 10.4. The highest BCUT2D eigenvalue weighted by Gasteiger charge is 2.54.